The van der Waals surface area contributed by atoms with Gasteiger partial charge in [0.25, 0.3) is 11.7 Å². The maximum absolute atomic E-state index is 14.7. The van der Waals surface area contributed by atoms with E-state index in [9.17, 15) is 39.9 Å². The van der Waals surface area contributed by atoms with Crippen molar-refractivity contribution >= 4 is 40.3 Å². The average molecular weight is 941 g/mol. The fourth-order valence-corrected chi connectivity index (χ4v) is 9.73. The number of ether oxygens (including phenoxy) is 4. The summed E-state index contributed by atoms with van der Waals surface area (Å²) in [6.45, 7) is 20.7. The topological polar surface area (TPSA) is 220 Å². The van der Waals surface area contributed by atoms with Crippen molar-refractivity contribution in [2.45, 2.75) is 125 Å². The van der Waals surface area contributed by atoms with Crippen LogP contribution >= 0.6 is 0 Å². The number of rotatable bonds is 6. The number of hydrogen-bond donors (Lipinski definition) is 6. The van der Waals surface area contributed by atoms with Gasteiger partial charge in [-0.15, -0.1) is 0 Å². The Bertz CT molecular complexity index is 2510. The number of aromatic hydroxyl groups is 3. The lowest BCUT2D eigenvalue weighted by atomic mass is 9.78. The summed E-state index contributed by atoms with van der Waals surface area (Å²) in [6.07, 6.45) is 4.89. The van der Waals surface area contributed by atoms with E-state index in [-0.39, 0.29) is 56.6 Å². The number of fused-ring (bicyclic) bond motifs is 14. The number of allylic oxidation sites excluding steroid dienone is 2. The highest BCUT2D eigenvalue weighted by Crippen LogP contribution is 2.55. The zero-order valence-electron chi connectivity index (χ0n) is 41.1. The molecule has 7 rings (SSSR count). The maximum atomic E-state index is 14.7. The maximum Gasteiger partial charge on any atom is 0.312 e. The van der Waals surface area contributed by atoms with Gasteiger partial charge in [-0.1, -0.05) is 75.8 Å². The molecule has 0 aliphatic carbocycles. The van der Waals surface area contributed by atoms with Crippen molar-refractivity contribution in [2.75, 3.05) is 25.5 Å². The van der Waals surface area contributed by atoms with Gasteiger partial charge in [0.2, 0.25) is 0 Å². The first-order chi connectivity index (χ1) is 32.0. The quantitative estimate of drug-likeness (QED) is 0.0635. The van der Waals surface area contributed by atoms with Crippen LogP contribution in [0.2, 0.25) is 0 Å². The van der Waals surface area contributed by atoms with Crippen LogP contribution in [0, 0.1) is 37.5 Å². The molecule has 11 unspecified atom stereocenters. The molecule has 16 nitrogen and oxygen atoms in total. The third kappa shape index (κ3) is 10.2. The molecule has 1 fully saturated rings. The summed E-state index contributed by atoms with van der Waals surface area (Å²) in [5.74, 6) is -8.46. The SMILES string of the molecule is COC1/C=C/OC2(C)Oc3c(C)c(O)c4c(O)c(c(/C=N/N5C(C)CN(Cc6ccc(C)cc6)CC5C)c(O)c4c3C2=O)NC(=O)/C(C)=C/C=C/C(C)C(O)C(C)C(O)C(C)C(OC(C)=O)C1C. The Labute approximate surface area is 398 Å². The molecule has 6 N–H and O–H groups in total. The van der Waals surface area contributed by atoms with Gasteiger partial charge in [0.15, 0.2) is 5.75 Å². The van der Waals surface area contributed by atoms with E-state index in [4.69, 9.17) is 24.0 Å². The number of hydrogen-bond acceptors (Lipinski definition) is 15. The number of esters is 1. The molecule has 0 spiro atoms. The summed E-state index contributed by atoms with van der Waals surface area (Å²) in [5, 5.41) is 68.2. The molecule has 16 heteroatoms. The first kappa shape index (κ1) is 51.5. The number of ketones is 1. The number of phenolic OH excluding ortho intramolecular Hbond substituents is 3. The van der Waals surface area contributed by atoms with Crippen molar-refractivity contribution in [1.29, 1.82) is 0 Å². The average Bonchev–Trinajstić information content (AvgIpc) is 3.55. The molecule has 0 radical (unpaired) electrons. The van der Waals surface area contributed by atoms with Crippen LogP contribution in [-0.4, -0.2) is 122 Å². The molecule has 3 aromatic carbocycles. The summed E-state index contributed by atoms with van der Waals surface area (Å²) in [5.41, 5.74) is 1.97. The molecule has 368 valence electrons. The molecule has 4 aliphatic rings. The number of Topliss-reactive ketones (excluding diaryl/α,β-unsaturated/α-hetero) is 1. The Kier molecular flexibility index (Phi) is 15.7. The van der Waals surface area contributed by atoms with Crippen LogP contribution in [0.5, 0.6) is 23.0 Å². The lowest BCUT2D eigenvalue weighted by Gasteiger charge is -2.42. The number of carbonyl (C=O) groups is 3. The van der Waals surface area contributed by atoms with Crippen LogP contribution in [0.4, 0.5) is 5.69 Å². The van der Waals surface area contributed by atoms with Gasteiger partial charge in [-0.05, 0) is 46.3 Å². The Morgan fingerprint density at radius 1 is 0.897 bits per heavy atom. The van der Waals surface area contributed by atoms with E-state index in [0.717, 1.165) is 6.54 Å². The van der Waals surface area contributed by atoms with Gasteiger partial charge in [-0.25, -0.2) is 0 Å². The van der Waals surface area contributed by atoms with E-state index in [0.29, 0.717) is 13.1 Å². The number of methoxy groups -OCH3 is 1. The predicted octanol–water partition coefficient (Wildman–Crippen LogP) is 6.99. The van der Waals surface area contributed by atoms with Gasteiger partial charge in [-0.3, -0.25) is 24.3 Å². The molecular weight excluding hydrogens is 873 g/mol. The largest absolute Gasteiger partial charge is 0.507 e. The third-order valence-electron chi connectivity index (χ3n) is 13.8. The minimum absolute atomic E-state index is 0.0501. The number of aliphatic hydroxyl groups excluding tert-OH is 2. The van der Waals surface area contributed by atoms with Crippen LogP contribution < -0.4 is 10.1 Å². The second-order valence-electron chi connectivity index (χ2n) is 19.1. The number of benzene rings is 3. The van der Waals surface area contributed by atoms with Crippen LogP contribution in [0.25, 0.3) is 10.8 Å². The minimum Gasteiger partial charge on any atom is -0.507 e. The molecule has 0 aromatic heterocycles. The second kappa shape index (κ2) is 20.7. The number of hydrazone groups is 1. The van der Waals surface area contributed by atoms with E-state index < -0.39 is 88.8 Å². The lowest BCUT2D eigenvalue weighted by molar-refractivity contribution is -0.160. The van der Waals surface area contributed by atoms with Gasteiger partial charge in [0.1, 0.15) is 23.4 Å². The van der Waals surface area contributed by atoms with Gasteiger partial charge < -0.3 is 49.8 Å². The predicted molar refractivity (Wildman–Crippen MR) is 259 cm³/mol. The number of aliphatic hydroxyl groups is 2. The van der Waals surface area contributed by atoms with Gasteiger partial charge in [-0.2, -0.15) is 5.10 Å². The van der Waals surface area contributed by atoms with Crippen LogP contribution in [0.3, 0.4) is 0 Å². The fourth-order valence-electron chi connectivity index (χ4n) is 9.73. The van der Waals surface area contributed by atoms with Crippen molar-refractivity contribution < 1.29 is 58.9 Å². The molecular formula is C52H68N4O12. The van der Waals surface area contributed by atoms with Crippen LogP contribution in [-0.2, 0) is 30.3 Å². The van der Waals surface area contributed by atoms with Gasteiger partial charge in [0, 0.05) is 80.8 Å². The van der Waals surface area contributed by atoms with Crippen LogP contribution in [0.1, 0.15) is 94.9 Å². The van der Waals surface area contributed by atoms with E-state index >= 15 is 0 Å². The Hall–Kier alpha value is -5.94. The summed E-state index contributed by atoms with van der Waals surface area (Å²) in [6, 6.07) is 8.19. The summed E-state index contributed by atoms with van der Waals surface area (Å²) in [4.78, 5) is 43.4. The molecule has 68 heavy (non-hydrogen) atoms. The molecule has 1 saturated heterocycles. The zero-order valence-corrected chi connectivity index (χ0v) is 41.1. The summed E-state index contributed by atoms with van der Waals surface area (Å²) in [7, 11) is 1.44. The highest BCUT2D eigenvalue weighted by atomic mass is 16.7. The van der Waals surface area contributed by atoms with Crippen molar-refractivity contribution in [3.05, 3.63) is 88.2 Å². The minimum atomic E-state index is -2.07. The van der Waals surface area contributed by atoms with Crippen molar-refractivity contribution in [3.8, 4) is 23.0 Å². The molecule has 4 aliphatic heterocycles. The highest BCUT2D eigenvalue weighted by molar-refractivity contribution is 6.23. The number of nitrogens with zero attached hydrogens (tertiary/aromatic N) is 3. The first-order valence-corrected chi connectivity index (χ1v) is 23.2. The molecule has 3 aromatic rings. The highest BCUT2D eigenvalue weighted by Gasteiger charge is 2.50. The van der Waals surface area contributed by atoms with Crippen LogP contribution in [0.15, 0.2) is 65.5 Å². The lowest BCUT2D eigenvalue weighted by Crippen LogP contribution is -2.54. The molecule has 0 saturated carbocycles. The standard InChI is InChI=1S/C52H68N4O12/c1-26-16-18-36(19-17-26)25-55-23-29(4)56(30(5)24-55)53-22-37-42-47(62)40-39(46(37)61)41-49(34(9)45(40)60)68-52(11,50(41)63)66-21-20-38(65-12)31(6)48(67-35(10)57)33(8)44(59)32(7)43(58)27(2)14-13-15-28(3)51(64)54-42/h13-22,27,29-33,38,43-44,48,58-62H,23-25H2,1-12H3,(H,54,64)/b14-13+,21-20+,28-15+,53-22+. The third-order valence-corrected chi connectivity index (χ3v) is 13.8. The van der Waals surface area contributed by atoms with E-state index in [1.807, 2.05) is 25.8 Å². The summed E-state index contributed by atoms with van der Waals surface area (Å²) >= 11 is 0. The van der Waals surface area contributed by atoms with Crippen molar-refractivity contribution in [2.24, 2.45) is 28.8 Å². The number of aryl methyl sites for hydroxylation is 1. The number of nitrogens with one attached hydrogen (secondary N) is 1. The smallest absolute Gasteiger partial charge is 0.312 e. The van der Waals surface area contributed by atoms with E-state index in [2.05, 4.69) is 34.5 Å². The molecule has 11 atom stereocenters. The monoisotopic (exact) mass is 940 g/mol. The van der Waals surface area contributed by atoms with Gasteiger partial charge in [0.05, 0.1) is 65.1 Å². The zero-order chi connectivity index (χ0) is 50.1. The molecule has 1 amide bonds. The summed E-state index contributed by atoms with van der Waals surface area (Å²) < 4.78 is 23.8. The number of phenols is 3. The van der Waals surface area contributed by atoms with Crippen molar-refractivity contribution in [1.82, 2.24) is 9.91 Å². The molecule has 4 heterocycles. The fraction of sp³-hybridized carbons (Fsp3) is 0.500. The second-order valence-corrected chi connectivity index (χ2v) is 19.1. The van der Waals surface area contributed by atoms with E-state index in [1.165, 1.54) is 70.6 Å². The number of carbonyl (C=O) groups excluding carboxylic acids is 3. The van der Waals surface area contributed by atoms with Crippen molar-refractivity contribution in [3.63, 3.8) is 0 Å². The molecule has 5 bridgehead atoms. The number of anilines is 1. The first-order valence-electron chi connectivity index (χ1n) is 23.2. The normalized spacial score (nSPS) is 31.6. The Morgan fingerprint density at radius 2 is 1.54 bits per heavy atom. The number of amides is 1. The van der Waals surface area contributed by atoms with E-state index in [1.54, 1.807) is 39.8 Å². The Balaban J connectivity index is 1.48. The number of piperazine rings is 1. The Morgan fingerprint density at radius 3 is 2.16 bits per heavy atom. The van der Waals surface area contributed by atoms with Gasteiger partial charge >= 0.3 is 11.8 Å².